The second-order valence-corrected chi connectivity index (χ2v) is 1.89. The van der Waals surface area contributed by atoms with Crippen LogP contribution in [0.5, 0.6) is 0 Å². The Kier molecular flexibility index (Phi) is 28.7. The summed E-state index contributed by atoms with van der Waals surface area (Å²) in [6.07, 6.45) is 0. The molecule has 0 bridgehead atoms. The summed E-state index contributed by atoms with van der Waals surface area (Å²) in [4.78, 5) is 29.3. The molecule has 0 saturated heterocycles. The highest BCUT2D eigenvalue weighted by atomic mass is 16.6. The first-order chi connectivity index (χ1) is 6.40. The number of nitrogens with one attached hydrogen (secondary N) is 1. The lowest BCUT2D eigenvalue weighted by molar-refractivity contribution is -0.156. The van der Waals surface area contributed by atoms with Crippen molar-refractivity contribution >= 4 is 17.8 Å². The normalized spacial score (nSPS) is 6.27. The van der Waals surface area contributed by atoms with Crippen molar-refractivity contribution in [2.24, 2.45) is 5.73 Å². The van der Waals surface area contributed by atoms with Crippen LogP contribution in [0.4, 0.5) is 0 Å². The molecule has 0 aromatic heterocycles. The lowest BCUT2D eigenvalue weighted by Crippen LogP contribution is -2.11. The number of hydrogen-bond acceptors (Lipinski definition) is 5. The minimum atomic E-state index is -0.562. The molecule has 0 aliphatic heterocycles. The van der Waals surface area contributed by atoms with Crippen LogP contribution in [-0.2, 0) is 19.1 Å². The second kappa shape index (κ2) is 18.4. The van der Waals surface area contributed by atoms with E-state index in [2.05, 4.69) is 15.8 Å². The molecule has 0 aliphatic rings. The average molecular weight is 222 g/mol. The van der Waals surface area contributed by atoms with Crippen molar-refractivity contribution < 1.29 is 19.1 Å². The molecule has 15 heavy (non-hydrogen) atoms. The van der Waals surface area contributed by atoms with Gasteiger partial charge in [-0.1, -0.05) is 7.43 Å². The summed E-state index contributed by atoms with van der Waals surface area (Å²) in [7, 11) is 3.10. The number of nitrogens with two attached hydrogens (primary N) is 1. The van der Waals surface area contributed by atoms with Gasteiger partial charge in [0.05, 0.1) is 0 Å². The van der Waals surface area contributed by atoms with Gasteiger partial charge in [-0.3, -0.25) is 14.4 Å². The average Bonchev–Trinajstić information content (AvgIpc) is 2.06. The van der Waals surface area contributed by atoms with Gasteiger partial charge in [-0.2, -0.15) is 0 Å². The first-order valence-electron chi connectivity index (χ1n) is 3.85. The minimum absolute atomic E-state index is 0. The SMILES string of the molecule is C.CC(=O)OC(C)=O.CN.CNC(C)=O. The minimum Gasteiger partial charge on any atom is -0.394 e. The molecule has 0 aromatic carbocycles. The van der Waals surface area contributed by atoms with Gasteiger partial charge in [0.25, 0.3) is 0 Å². The van der Waals surface area contributed by atoms with Crippen LogP contribution in [0.25, 0.3) is 0 Å². The van der Waals surface area contributed by atoms with Gasteiger partial charge >= 0.3 is 11.9 Å². The lowest BCUT2D eigenvalue weighted by atomic mass is 10.7. The third kappa shape index (κ3) is 67.2. The molecule has 6 nitrogen and oxygen atoms in total. The van der Waals surface area contributed by atoms with Gasteiger partial charge in [-0.15, -0.1) is 0 Å². The molecule has 0 aliphatic carbocycles. The van der Waals surface area contributed by atoms with E-state index in [0.29, 0.717) is 0 Å². The molecule has 0 fully saturated rings. The van der Waals surface area contributed by atoms with Crippen molar-refractivity contribution in [3.05, 3.63) is 0 Å². The maximum atomic E-state index is 9.81. The Morgan fingerprint density at radius 3 is 1.20 bits per heavy atom. The van der Waals surface area contributed by atoms with Gasteiger partial charge in [0, 0.05) is 27.8 Å². The Balaban J connectivity index is -0.0000000675. The Hall–Kier alpha value is -1.43. The fourth-order valence-corrected chi connectivity index (χ4v) is 0.202. The molecule has 0 radical (unpaired) electrons. The Bertz CT molecular complexity index is 169. The summed E-state index contributed by atoms with van der Waals surface area (Å²) in [5, 5.41) is 2.39. The maximum absolute atomic E-state index is 9.81. The summed E-state index contributed by atoms with van der Waals surface area (Å²) in [6, 6.07) is 0. The van der Waals surface area contributed by atoms with Gasteiger partial charge < -0.3 is 15.8 Å². The number of rotatable bonds is 0. The third-order valence-electron chi connectivity index (χ3n) is 0.640. The molecule has 0 atom stereocenters. The molecule has 0 spiro atoms. The van der Waals surface area contributed by atoms with E-state index in [-0.39, 0.29) is 13.3 Å². The first-order valence-corrected chi connectivity index (χ1v) is 3.85. The standard InChI is InChI=1S/C4H6O3.C3H7NO.CH5N.CH4/c1-3(5)7-4(2)6;1-3(5)4-2;1-2;/h1-2H3;1-2H3,(H,4,5);2H2,1H3;1H4. The first kappa shape index (κ1) is 23.4. The fourth-order valence-electron chi connectivity index (χ4n) is 0.202. The van der Waals surface area contributed by atoms with E-state index in [1.165, 1.54) is 27.8 Å². The molecule has 0 saturated carbocycles. The molecule has 0 rings (SSSR count). The van der Waals surface area contributed by atoms with Crippen molar-refractivity contribution in [3.63, 3.8) is 0 Å². The zero-order valence-electron chi connectivity index (χ0n) is 9.21. The Morgan fingerprint density at radius 2 is 1.20 bits per heavy atom. The van der Waals surface area contributed by atoms with E-state index in [1.54, 1.807) is 7.05 Å². The monoisotopic (exact) mass is 222 g/mol. The molecular formula is C9H22N2O4. The van der Waals surface area contributed by atoms with Gasteiger partial charge in [0.15, 0.2) is 0 Å². The van der Waals surface area contributed by atoms with Crippen LogP contribution >= 0.6 is 0 Å². The van der Waals surface area contributed by atoms with Crippen LogP contribution < -0.4 is 11.1 Å². The van der Waals surface area contributed by atoms with E-state index in [0.717, 1.165) is 0 Å². The highest BCUT2D eigenvalue weighted by Crippen LogP contribution is 1.73. The summed E-state index contributed by atoms with van der Waals surface area (Å²) >= 11 is 0. The van der Waals surface area contributed by atoms with E-state index in [4.69, 9.17) is 0 Å². The van der Waals surface area contributed by atoms with Gasteiger partial charge in [0.2, 0.25) is 5.91 Å². The van der Waals surface area contributed by atoms with E-state index >= 15 is 0 Å². The van der Waals surface area contributed by atoms with Crippen molar-refractivity contribution in [1.29, 1.82) is 0 Å². The van der Waals surface area contributed by atoms with Crippen molar-refractivity contribution in [2.75, 3.05) is 14.1 Å². The van der Waals surface area contributed by atoms with E-state index in [9.17, 15) is 14.4 Å². The molecule has 3 N–H and O–H groups in total. The number of carbonyl (C=O) groups excluding carboxylic acids is 3. The summed E-state index contributed by atoms with van der Waals surface area (Å²) in [5.41, 5.74) is 4.50. The number of hydrogen-bond donors (Lipinski definition) is 2. The molecule has 1 amide bonds. The largest absolute Gasteiger partial charge is 0.394 e. The number of amides is 1. The van der Waals surface area contributed by atoms with Gasteiger partial charge in [0.1, 0.15) is 0 Å². The maximum Gasteiger partial charge on any atom is 0.310 e. The van der Waals surface area contributed by atoms with Crippen LogP contribution in [0.1, 0.15) is 28.2 Å². The van der Waals surface area contributed by atoms with Crippen LogP contribution in [0.15, 0.2) is 0 Å². The Morgan fingerprint density at radius 1 is 1.00 bits per heavy atom. The predicted molar refractivity (Wildman–Crippen MR) is 59.0 cm³/mol. The number of ether oxygens (including phenoxy) is 1. The number of carbonyl (C=O) groups is 3. The van der Waals surface area contributed by atoms with Crippen LogP contribution in [0, 0.1) is 0 Å². The zero-order valence-corrected chi connectivity index (χ0v) is 9.21. The molecule has 92 valence electrons. The molecule has 0 aromatic rings. The van der Waals surface area contributed by atoms with Crippen molar-refractivity contribution in [2.45, 2.75) is 28.2 Å². The summed E-state index contributed by atoms with van der Waals surface area (Å²) < 4.78 is 3.97. The predicted octanol–water partition coefficient (Wildman–Crippen LogP) is 0.0593. The van der Waals surface area contributed by atoms with E-state index < -0.39 is 11.9 Å². The van der Waals surface area contributed by atoms with E-state index in [1.807, 2.05) is 0 Å². The highest BCUT2D eigenvalue weighted by Gasteiger charge is 1.93. The topological polar surface area (TPSA) is 98.5 Å². The van der Waals surface area contributed by atoms with Crippen LogP contribution in [-0.4, -0.2) is 31.9 Å². The van der Waals surface area contributed by atoms with Gasteiger partial charge in [-0.25, -0.2) is 0 Å². The quantitative estimate of drug-likeness (QED) is 0.446. The lowest BCUT2D eigenvalue weighted by Gasteiger charge is -1.87. The number of esters is 2. The van der Waals surface area contributed by atoms with Crippen LogP contribution in [0.2, 0.25) is 0 Å². The zero-order chi connectivity index (χ0) is 12.1. The Labute approximate surface area is 91.2 Å². The van der Waals surface area contributed by atoms with Gasteiger partial charge in [-0.05, 0) is 7.05 Å². The highest BCUT2D eigenvalue weighted by molar-refractivity contribution is 5.82. The fraction of sp³-hybridized carbons (Fsp3) is 0.667. The molecule has 6 heteroatoms. The second-order valence-electron chi connectivity index (χ2n) is 1.89. The molecule has 0 heterocycles. The van der Waals surface area contributed by atoms with Crippen molar-refractivity contribution in [3.8, 4) is 0 Å². The summed E-state index contributed by atoms with van der Waals surface area (Å²) in [5.74, 6) is -1.12. The summed E-state index contributed by atoms with van der Waals surface area (Å²) in [6.45, 7) is 3.84. The molecular weight excluding hydrogens is 200 g/mol. The third-order valence-corrected chi connectivity index (χ3v) is 0.640. The molecule has 0 unspecified atom stereocenters. The smallest absolute Gasteiger partial charge is 0.310 e. The van der Waals surface area contributed by atoms with Crippen LogP contribution in [0.3, 0.4) is 0 Å². The van der Waals surface area contributed by atoms with Crippen molar-refractivity contribution in [1.82, 2.24) is 5.32 Å².